The van der Waals surface area contributed by atoms with Crippen LogP contribution in [0.4, 0.5) is 5.69 Å². The lowest BCUT2D eigenvalue weighted by atomic mass is 9.97. The molecule has 0 bridgehead atoms. The minimum absolute atomic E-state index is 0.0186. The first-order chi connectivity index (χ1) is 21.3. The SMILES string of the molecule is CN1C(=O)[C@@H](NC(=O)c2n[nH]c(Cc3ccc(C#CC(=O)NCCN4CCC(C(=O)O)CC4)cc3)n2)COc2ccccc21. The Kier molecular flexibility index (Phi) is 9.51. The Balaban J connectivity index is 1.07. The lowest BCUT2D eigenvalue weighted by Crippen LogP contribution is -2.49. The number of hydrogen-bond donors (Lipinski definition) is 4. The van der Waals surface area contributed by atoms with Gasteiger partial charge < -0.3 is 30.3 Å². The van der Waals surface area contributed by atoms with Crippen LogP contribution < -0.4 is 20.3 Å². The van der Waals surface area contributed by atoms with Gasteiger partial charge in [0.1, 0.15) is 24.2 Å². The molecule has 2 aliphatic rings. The summed E-state index contributed by atoms with van der Waals surface area (Å²) in [6, 6.07) is 13.5. The number of para-hydroxylation sites is 2. The number of benzene rings is 2. The van der Waals surface area contributed by atoms with Crippen LogP contribution in [0.5, 0.6) is 5.75 Å². The number of carbonyl (C=O) groups excluding carboxylic acids is 3. The van der Waals surface area contributed by atoms with E-state index in [1.165, 1.54) is 4.90 Å². The van der Waals surface area contributed by atoms with Crippen LogP contribution >= 0.6 is 0 Å². The zero-order valence-electron chi connectivity index (χ0n) is 24.2. The number of likely N-dealkylation sites (tertiary alicyclic amines) is 1. The molecular weight excluding hydrogens is 566 g/mol. The smallest absolute Gasteiger partial charge is 0.306 e. The molecule has 2 aliphatic heterocycles. The van der Waals surface area contributed by atoms with Crippen molar-refractivity contribution in [2.75, 3.05) is 44.7 Å². The standard InChI is InChI=1S/C31H33N7O6/c1-37-24-4-2-3-5-25(24)44-19-23(30(37)41)33-29(40)28-34-26(35-36-28)18-21-8-6-20(7-9-21)10-11-27(39)32-14-17-38-15-12-22(13-16-38)31(42)43/h2-9,22-23H,12-19H2,1H3,(H,32,39)(H,33,40)(H,42,43)(H,34,35,36)/t23-/m0/s1. The molecule has 1 fully saturated rings. The summed E-state index contributed by atoms with van der Waals surface area (Å²) >= 11 is 0. The maximum Gasteiger partial charge on any atom is 0.306 e. The van der Waals surface area contributed by atoms with E-state index in [-0.39, 0.29) is 30.2 Å². The fraction of sp³-hybridized carbons (Fsp3) is 0.355. The number of anilines is 1. The molecule has 5 rings (SSSR count). The third kappa shape index (κ3) is 7.59. The molecule has 228 valence electrons. The molecule has 3 amide bonds. The number of nitrogens with one attached hydrogen (secondary N) is 3. The Labute approximate surface area is 254 Å². The van der Waals surface area contributed by atoms with E-state index >= 15 is 0 Å². The maximum absolute atomic E-state index is 12.9. The summed E-state index contributed by atoms with van der Waals surface area (Å²) in [6.45, 7) is 2.49. The Bertz CT molecular complexity index is 1580. The average Bonchev–Trinajstić information content (AvgIpc) is 3.47. The molecule has 0 unspecified atom stereocenters. The zero-order valence-corrected chi connectivity index (χ0v) is 24.2. The zero-order chi connectivity index (χ0) is 31.1. The van der Waals surface area contributed by atoms with Crippen LogP contribution in [0.2, 0.25) is 0 Å². The van der Waals surface area contributed by atoms with Gasteiger partial charge in [-0.3, -0.25) is 24.3 Å². The Morgan fingerprint density at radius 1 is 1.11 bits per heavy atom. The number of fused-ring (bicyclic) bond motifs is 1. The van der Waals surface area contributed by atoms with Crippen LogP contribution in [0.1, 0.15) is 40.4 Å². The van der Waals surface area contributed by atoms with Crippen LogP contribution in [0.25, 0.3) is 0 Å². The molecule has 1 aromatic heterocycles. The summed E-state index contributed by atoms with van der Waals surface area (Å²) in [5, 5.41) is 21.3. The number of likely N-dealkylation sites (N-methyl/N-ethyl adjacent to an activating group) is 1. The van der Waals surface area contributed by atoms with E-state index in [0.717, 1.165) is 5.56 Å². The van der Waals surface area contributed by atoms with Crippen molar-refractivity contribution in [2.45, 2.75) is 25.3 Å². The fourth-order valence-electron chi connectivity index (χ4n) is 5.06. The van der Waals surface area contributed by atoms with Gasteiger partial charge in [0, 0.05) is 38.0 Å². The number of hydrogen-bond acceptors (Lipinski definition) is 8. The van der Waals surface area contributed by atoms with Crippen molar-refractivity contribution >= 4 is 29.4 Å². The molecule has 0 radical (unpaired) electrons. The minimum atomic E-state index is -0.902. The number of ether oxygens (including phenoxy) is 1. The van der Waals surface area contributed by atoms with E-state index < -0.39 is 17.9 Å². The Morgan fingerprint density at radius 3 is 2.61 bits per heavy atom. The third-order valence-electron chi connectivity index (χ3n) is 7.60. The van der Waals surface area contributed by atoms with Gasteiger partial charge in [-0.1, -0.05) is 30.2 Å². The summed E-state index contributed by atoms with van der Waals surface area (Å²) < 4.78 is 5.74. The molecule has 0 aliphatic carbocycles. The number of rotatable bonds is 8. The number of aliphatic carboxylic acids is 1. The van der Waals surface area contributed by atoms with E-state index in [2.05, 4.69) is 42.6 Å². The number of carboxylic acids is 1. The fourth-order valence-corrected chi connectivity index (χ4v) is 5.06. The topological polar surface area (TPSA) is 170 Å². The van der Waals surface area contributed by atoms with Crippen LogP contribution in [0, 0.1) is 17.8 Å². The largest absolute Gasteiger partial charge is 0.489 e. The Morgan fingerprint density at radius 2 is 1.86 bits per heavy atom. The summed E-state index contributed by atoms with van der Waals surface area (Å²) in [4.78, 5) is 56.8. The van der Waals surface area contributed by atoms with Crippen molar-refractivity contribution in [2.24, 2.45) is 5.92 Å². The molecule has 13 heteroatoms. The van der Waals surface area contributed by atoms with E-state index in [9.17, 15) is 19.2 Å². The molecule has 44 heavy (non-hydrogen) atoms. The number of aromatic amines is 1. The van der Waals surface area contributed by atoms with Crippen LogP contribution in [-0.2, 0) is 20.8 Å². The molecule has 1 atom stereocenters. The van der Waals surface area contributed by atoms with Gasteiger partial charge in [-0.2, -0.15) is 0 Å². The predicted octanol–water partition coefficient (Wildman–Crippen LogP) is 0.814. The normalized spacial score (nSPS) is 17.0. The summed E-state index contributed by atoms with van der Waals surface area (Å²) in [5.41, 5.74) is 2.18. The molecular formula is C31H33N7O6. The molecule has 0 spiro atoms. The monoisotopic (exact) mass is 599 g/mol. The first kappa shape index (κ1) is 30.2. The first-order valence-electron chi connectivity index (χ1n) is 14.3. The summed E-state index contributed by atoms with van der Waals surface area (Å²) in [5.74, 6) is 4.06. The second-order valence-corrected chi connectivity index (χ2v) is 10.6. The second kappa shape index (κ2) is 13.8. The van der Waals surface area contributed by atoms with E-state index in [1.807, 2.05) is 18.2 Å². The predicted molar refractivity (Wildman–Crippen MR) is 159 cm³/mol. The number of amides is 3. The number of nitrogens with zero attached hydrogens (tertiary/aromatic N) is 4. The highest BCUT2D eigenvalue weighted by Gasteiger charge is 2.31. The molecule has 2 aromatic carbocycles. The third-order valence-corrected chi connectivity index (χ3v) is 7.60. The van der Waals surface area contributed by atoms with Crippen molar-refractivity contribution in [3.63, 3.8) is 0 Å². The molecule has 4 N–H and O–H groups in total. The highest BCUT2D eigenvalue weighted by molar-refractivity contribution is 6.02. The molecule has 3 heterocycles. The van der Waals surface area contributed by atoms with Gasteiger partial charge in [0.2, 0.25) is 5.82 Å². The van der Waals surface area contributed by atoms with Crippen molar-refractivity contribution in [1.82, 2.24) is 30.7 Å². The van der Waals surface area contributed by atoms with Crippen LogP contribution in [0.15, 0.2) is 48.5 Å². The van der Waals surface area contributed by atoms with E-state index in [1.54, 1.807) is 37.4 Å². The lowest BCUT2D eigenvalue weighted by Gasteiger charge is -2.29. The van der Waals surface area contributed by atoms with Gasteiger partial charge in [0.25, 0.3) is 17.7 Å². The quantitative estimate of drug-likeness (QED) is 0.274. The molecule has 1 saturated heterocycles. The lowest BCUT2D eigenvalue weighted by molar-refractivity contribution is -0.143. The summed E-state index contributed by atoms with van der Waals surface area (Å²) in [6.07, 6.45) is 1.62. The second-order valence-electron chi connectivity index (χ2n) is 10.6. The van der Waals surface area contributed by atoms with Crippen molar-refractivity contribution in [1.29, 1.82) is 0 Å². The van der Waals surface area contributed by atoms with Gasteiger partial charge in [-0.15, -0.1) is 5.10 Å². The first-order valence-corrected chi connectivity index (χ1v) is 14.3. The maximum atomic E-state index is 12.9. The van der Waals surface area contributed by atoms with Gasteiger partial charge in [0.05, 0.1) is 11.6 Å². The minimum Gasteiger partial charge on any atom is -0.489 e. The highest BCUT2D eigenvalue weighted by atomic mass is 16.5. The number of aromatic nitrogens is 3. The Hall–Kier alpha value is -5.22. The number of carbonyl (C=O) groups is 4. The molecule has 0 saturated carbocycles. The van der Waals surface area contributed by atoms with E-state index in [4.69, 9.17) is 9.84 Å². The number of carboxylic acid groups (broad SMARTS) is 1. The molecule has 13 nitrogen and oxygen atoms in total. The molecule has 3 aromatic rings. The van der Waals surface area contributed by atoms with Crippen molar-refractivity contribution < 1.29 is 29.0 Å². The van der Waals surface area contributed by atoms with Gasteiger partial charge in [0.15, 0.2) is 0 Å². The number of H-pyrrole nitrogens is 1. The average molecular weight is 600 g/mol. The van der Waals surface area contributed by atoms with Gasteiger partial charge >= 0.3 is 5.97 Å². The van der Waals surface area contributed by atoms with Crippen LogP contribution in [-0.4, -0.2) is 94.8 Å². The van der Waals surface area contributed by atoms with E-state index in [0.29, 0.717) is 68.3 Å². The highest BCUT2D eigenvalue weighted by Crippen LogP contribution is 2.29. The van der Waals surface area contributed by atoms with Crippen LogP contribution in [0.3, 0.4) is 0 Å². The van der Waals surface area contributed by atoms with Gasteiger partial charge in [-0.05, 0) is 55.8 Å². The van der Waals surface area contributed by atoms with Gasteiger partial charge in [-0.25, -0.2) is 4.98 Å². The van der Waals surface area contributed by atoms with Crippen molar-refractivity contribution in [3.8, 4) is 17.6 Å². The summed E-state index contributed by atoms with van der Waals surface area (Å²) in [7, 11) is 1.63. The number of piperidine rings is 1. The van der Waals surface area contributed by atoms with Crippen molar-refractivity contribution in [3.05, 3.63) is 71.3 Å².